The van der Waals surface area contributed by atoms with Gasteiger partial charge in [0.2, 0.25) is 0 Å². The molecule has 0 aliphatic heterocycles. The SMILES string of the molecule is N#Cc1cccc(-c2cnn3c(NCCOCCO)cc(-c4ccccc4)nc23)c1. The molecule has 2 aromatic carbocycles. The van der Waals surface area contributed by atoms with Gasteiger partial charge >= 0.3 is 0 Å². The minimum atomic E-state index is 0.00192. The number of hydrogen-bond donors (Lipinski definition) is 2. The number of aliphatic hydroxyl groups is 1. The van der Waals surface area contributed by atoms with Crippen LogP contribution in [0.5, 0.6) is 0 Å². The summed E-state index contributed by atoms with van der Waals surface area (Å²) < 4.78 is 7.10. The molecule has 0 spiro atoms. The Balaban J connectivity index is 1.77. The molecule has 0 radical (unpaired) electrons. The van der Waals surface area contributed by atoms with Crippen LogP contribution in [-0.4, -0.2) is 46.1 Å². The Bertz CT molecular complexity index is 1180. The molecule has 7 heteroatoms. The summed E-state index contributed by atoms with van der Waals surface area (Å²) in [6.07, 6.45) is 1.76. The molecular formula is C23H21N5O2. The number of rotatable bonds is 8. The fourth-order valence-corrected chi connectivity index (χ4v) is 3.22. The van der Waals surface area contributed by atoms with Crippen LogP contribution in [0.3, 0.4) is 0 Å². The van der Waals surface area contributed by atoms with E-state index in [0.29, 0.717) is 31.0 Å². The highest BCUT2D eigenvalue weighted by Gasteiger charge is 2.14. The van der Waals surface area contributed by atoms with Crippen molar-refractivity contribution >= 4 is 11.5 Å². The van der Waals surface area contributed by atoms with E-state index in [4.69, 9.17) is 14.8 Å². The molecule has 0 aliphatic carbocycles. The average molecular weight is 399 g/mol. The van der Waals surface area contributed by atoms with Gasteiger partial charge in [-0.25, -0.2) is 4.98 Å². The zero-order valence-corrected chi connectivity index (χ0v) is 16.3. The van der Waals surface area contributed by atoms with Gasteiger partial charge in [-0.15, -0.1) is 0 Å². The monoisotopic (exact) mass is 399 g/mol. The molecule has 0 amide bonds. The summed E-state index contributed by atoms with van der Waals surface area (Å²) >= 11 is 0. The highest BCUT2D eigenvalue weighted by molar-refractivity contribution is 5.81. The van der Waals surface area contributed by atoms with Crippen LogP contribution in [0.1, 0.15) is 5.56 Å². The van der Waals surface area contributed by atoms with Gasteiger partial charge in [0.25, 0.3) is 0 Å². The number of hydrogen-bond acceptors (Lipinski definition) is 6. The predicted molar refractivity (Wildman–Crippen MR) is 115 cm³/mol. The van der Waals surface area contributed by atoms with E-state index in [1.807, 2.05) is 54.6 Å². The van der Waals surface area contributed by atoms with Crippen molar-refractivity contribution in [3.05, 3.63) is 72.4 Å². The molecule has 0 atom stereocenters. The van der Waals surface area contributed by atoms with Crippen LogP contribution in [0.15, 0.2) is 66.9 Å². The highest BCUT2D eigenvalue weighted by atomic mass is 16.5. The van der Waals surface area contributed by atoms with Gasteiger partial charge in [-0.1, -0.05) is 42.5 Å². The molecule has 7 nitrogen and oxygen atoms in total. The zero-order chi connectivity index (χ0) is 20.8. The minimum Gasteiger partial charge on any atom is -0.394 e. The standard InChI is InChI=1S/C23H21N5O2/c24-15-17-5-4-8-19(13-17)20-16-26-28-22(25-9-11-30-12-10-29)14-21(27-23(20)28)18-6-2-1-3-7-18/h1-8,13-14,16,25,29H,9-12H2. The Morgan fingerprint density at radius 3 is 2.67 bits per heavy atom. The van der Waals surface area contributed by atoms with Crippen LogP contribution in [-0.2, 0) is 4.74 Å². The summed E-state index contributed by atoms with van der Waals surface area (Å²) in [5, 5.41) is 26.0. The van der Waals surface area contributed by atoms with E-state index >= 15 is 0 Å². The lowest BCUT2D eigenvalue weighted by molar-refractivity contribution is 0.0991. The van der Waals surface area contributed by atoms with Crippen LogP contribution in [0.4, 0.5) is 5.82 Å². The quantitative estimate of drug-likeness (QED) is 0.441. The average Bonchev–Trinajstić information content (AvgIpc) is 3.24. The maximum absolute atomic E-state index is 9.24. The summed E-state index contributed by atoms with van der Waals surface area (Å²) in [7, 11) is 0. The fraction of sp³-hybridized carbons (Fsp3) is 0.174. The van der Waals surface area contributed by atoms with Crippen molar-refractivity contribution in [2.75, 3.05) is 31.7 Å². The molecule has 2 N–H and O–H groups in total. The first-order chi connectivity index (χ1) is 14.8. The summed E-state index contributed by atoms with van der Waals surface area (Å²) in [6.45, 7) is 1.33. The van der Waals surface area contributed by atoms with Crippen molar-refractivity contribution in [2.24, 2.45) is 0 Å². The second kappa shape index (κ2) is 9.18. The predicted octanol–water partition coefficient (Wildman–Crippen LogP) is 3.36. The third kappa shape index (κ3) is 4.15. The van der Waals surface area contributed by atoms with E-state index in [1.165, 1.54) is 0 Å². The molecule has 2 aromatic heterocycles. The summed E-state index contributed by atoms with van der Waals surface area (Å²) in [6, 6.07) is 21.5. The van der Waals surface area contributed by atoms with E-state index in [1.54, 1.807) is 16.8 Å². The Morgan fingerprint density at radius 1 is 1.03 bits per heavy atom. The lowest BCUT2D eigenvalue weighted by Crippen LogP contribution is -2.14. The summed E-state index contributed by atoms with van der Waals surface area (Å²) in [4.78, 5) is 4.87. The van der Waals surface area contributed by atoms with Gasteiger partial charge in [0.15, 0.2) is 5.65 Å². The summed E-state index contributed by atoms with van der Waals surface area (Å²) in [5.74, 6) is 0.786. The third-order valence-corrected chi connectivity index (χ3v) is 4.63. The molecule has 0 bridgehead atoms. The van der Waals surface area contributed by atoms with Gasteiger partial charge in [0.05, 0.1) is 43.3 Å². The normalized spacial score (nSPS) is 10.8. The van der Waals surface area contributed by atoms with Gasteiger partial charge < -0.3 is 15.2 Å². The Labute approximate surface area is 174 Å². The minimum absolute atomic E-state index is 0.00192. The second-order valence-electron chi connectivity index (χ2n) is 6.64. The van der Waals surface area contributed by atoms with E-state index in [-0.39, 0.29) is 6.61 Å². The number of nitrogens with one attached hydrogen (secondary N) is 1. The molecule has 0 unspecified atom stereocenters. The van der Waals surface area contributed by atoms with Gasteiger partial charge in [-0.2, -0.15) is 14.9 Å². The van der Waals surface area contributed by atoms with Gasteiger partial charge in [0, 0.05) is 23.7 Å². The molecule has 2 heterocycles. The third-order valence-electron chi connectivity index (χ3n) is 4.63. The van der Waals surface area contributed by atoms with Crippen LogP contribution in [0, 0.1) is 11.3 Å². The Morgan fingerprint density at radius 2 is 1.87 bits per heavy atom. The van der Waals surface area contributed by atoms with Crippen molar-refractivity contribution in [1.82, 2.24) is 14.6 Å². The van der Waals surface area contributed by atoms with E-state index < -0.39 is 0 Å². The molecule has 150 valence electrons. The first kappa shape index (κ1) is 19.6. The molecule has 0 saturated carbocycles. The number of benzene rings is 2. The number of nitrogens with zero attached hydrogens (tertiary/aromatic N) is 4. The zero-order valence-electron chi connectivity index (χ0n) is 16.3. The Kier molecular flexibility index (Phi) is 5.99. The van der Waals surface area contributed by atoms with Crippen LogP contribution < -0.4 is 5.32 Å². The fourth-order valence-electron chi connectivity index (χ4n) is 3.22. The van der Waals surface area contributed by atoms with Crippen molar-refractivity contribution in [1.29, 1.82) is 5.26 Å². The number of aliphatic hydroxyl groups excluding tert-OH is 1. The topological polar surface area (TPSA) is 95.5 Å². The van der Waals surface area contributed by atoms with Gasteiger partial charge in [-0.3, -0.25) is 0 Å². The molecular weight excluding hydrogens is 378 g/mol. The number of anilines is 1. The van der Waals surface area contributed by atoms with E-state index in [2.05, 4.69) is 16.5 Å². The molecule has 0 fully saturated rings. The molecule has 0 aliphatic rings. The first-order valence-corrected chi connectivity index (χ1v) is 9.67. The van der Waals surface area contributed by atoms with Crippen LogP contribution in [0.25, 0.3) is 28.0 Å². The number of nitriles is 1. The Hall–Kier alpha value is -3.73. The second-order valence-corrected chi connectivity index (χ2v) is 6.64. The van der Waals surface area contributed by atoms with Gasteiger partial charge in [-0.05, 0) is 17.7 Å². The summed E-state index contributed by atoms with van der Waals surface area (Å²) in [5.41, 5.74) is 4.84. The van der Waals surface area contributed by atoms with Crippen molar-refractivity contribution < 1.29 is 9.84 Å². The molecule has 4 aromatic rings. The van der Waals surface area contributed by atoms with E-state index in [0.717, 1.165) is 28.2 Å². The molecule has 4 rings (SSSR count). The van der Waals surface area contributed by atoms with Gasteiger partial charge in [0.1, 0.15) is 5.82 Å². The number of aromatic nitrogens is 3. The highest BCUT2D eigenvalue weighted by Crippen LogP contribution is 2.29. The lowest BCUT2D eigenvalue weighted by Gasteiger charge is -2.11. The van der Waals surface area contributed by atoms with Crippen molar-refractivity contribution in [3.63, 3.8) is 0 Å². The maximum Gasteiger partial charge on any atom is 0.165 e. The van der Waals surface area contributed by atoms with E-state index in [9.17, 15) is 5.26 Å². The van der Waals surface area contributed by atoms with Crippen molar-refractivity contribution in [2.45, 2.75) is 0 Å². The number of fused-ring (bicyclic) bond motifs is 1. The smallest absolute Gasteiger partial charge is 0.165 e. The molecule has 30 heavy (non-hydrogen) atoms. The molecule has 0 saturated heterocycles. The van der Waals surface area contributed by atoms with Crippen molar-refractivity contribution in [3.8, 4) is 28.5 Å². The first-order valence-electron chi connectivity index (χ1n) is 9.67. The maximum atomic E-state index is 9.24. The lowest BCUT2D eigenvalue weighted by atomic mass is 10.1. The largest absolute Gasteiger partial charge is 0.394 e. The van der Waals surface area contributed by atoms with Crippen LogP contribution in [0.2, 0.25) is 0 Å². The van der Waals surface area contributed by atoms with Crippen LogP contribution >= 0.6 is 0 Å². The number of ether oxygens (including phenoxy) is 1.